The van der Waals surface area contributed by atoms with E-state index in [9.17, 15) is 4.79 Å². The van der Waals surface area contributed by atoms with Gasteiger partial charge in [-0.25, -0.2) is 0 Å². The molecule has 48 valence electrons. The molecule has 0 rings (SSSR count). The molecule has 0 saturated heterocycles. The molecule has 1 N–H and O–H groups in total. The van der Waals surface area contributed by atoms with Crippen molar-refractivity contribution < 1.29 is 14.6 Å². The summed E-state index contributed by atoms with van der Waals surface area (Å²) in [4.78, 5) is 9.67. The van der Waals surface area contributed by atoms with Gasteiger partial charge in [0.05, 0.1) is 12.7 Å². The van der Waals surface area contributed by atoms with Crippen LogP contribution >= 0.6 is 0 Å². The fourth-order valence-corrected chi connectivity index (χ4v) is 0.372. The number of aliphatic hydroxyl groups excluding tert-OH is 1. The molecule has 0 spiro atoms. The summed E-state index contributed by atoms with van der Waals surface area (Å²) in [5, 5.41) is 8.69. The van der Waals surface area contributed by atoms with Crippen molar-refractivity contribution in [1.29, 1.82) is 0 Å². The number of aliphatic hydroxyl groups is 1. The Balaban J connectivity index is 3.03. The summed E-state index contributed by atoms with van der Waals surface area (Å²) < 4.78 is 4.55. The molecule has 0 aromatic heterocycles. The third kappa shape index (κ3) is 3.77. The largest absolute Gasteiger partial charge is 0.390 e. The van der Waals surface area contributed by atoms with Crippen molar-refractivity contribution in [1.82, 2.24) is 0 Å². The van der Waals surface area contributed by atoms with Crippen LogP contribution < -0.4 is 0 Å². The number of hydrogen-bond donors (Lipinski definition) is 1. The monoisotopic (exact) mass is 118 g/mol. The van der Waals surface area contributed by atoms with E-state index in [2.05, 4.69) is 4.74 Å². The van der Waals surface area contributed by atoms with Gasteiger partial charge in [0.25, 0.3) is 0 Å². The van der Waals surface area contributed by atoms with Crippen molar-refractivity contribution in [2.45, 2.75) is 12.5 Å². The Morgan fingerprint density at radius 2 is 2.50 bits per heavy atom. The zero-order valence-corrected chi connectivity index (χ0v) is 4.83. The lowest BCUT2D eigenvalue weighted by atomic mass is 10.3. The standard InChI is InChI=1S/C5H10O3/c1-8-4-5(7)2-3-6/h3,5,7H,2,4H2,1H3. The first-order valence-electron chi connectivity index (χ1n) is 2.42. The van der Waals surface area contributed by atoms with Crippen molar-refractivity contribution in [2.24, 2.45) is 0 Å². The van der Waals surface area contributed by atoms with Crippen LogP contribution in [-0.2, 0) is 9.53 Å². The maximum Gasteiger partial charge on any atom is 0.122 e. The lowest BCUT2D eigenvalue weighted by Crippen LogP contribution is -2.13. The first-order valence-corrected chi connectivity index (χ1v) is 2.42. The molecule has 0 aliphatic heterocycles. The topological polar surface area (TPSA) is 46.5 Å². The summed E-state index contributed by atoms with van der Waals surface area (Å²) in [5.41, 5.74) is 0. The number of rotatable bonds is 4. The van der Waals surface area contributed by atoms with Gasteiger partial charge in [-0.3, -0.25) is 0 Å². The molecule has 3 nitrogen and oxygen atoms in total. The average molecular weight is 118 g/mol. The van der Waals surface area contributed by atoms with E-state index in [1.807, 2.05) is 0 Å². The fraction of sp³-hybridized carbons (Fsp3) is 0.800. The molecule has 0 fully saturated rings. The van der Waals surface area contributed by atoms with Crippen LogP contribution in [0, 0.1) is 0 Å². The number of methoxy groups -OCH3 is 1. The van der Waals surface area contributed by atoms with E-state index < -0.39 is 6.10 Å². The maximum absolute atomic E-state index is 9.67. The fourth-order valence-electron chi connectivity index (χ4n) is 0.372. The molecule has 0 bridgehead atoms. The van der Waals surface area contributed by atoms with Crippen LogP contribution in [0.1, 0.15) is 6.42 Å². The van der Waals surface area contributed by atoms with Gasteiger partial charge in [0.1, 0.15) is 6.29 Å². The van der Waals surface area contributed by atoms with Gasteiger partial charge in [0.15, 0.2) is 0 Å². The summed E-state index contributed by atoms with van der Waals surface area (Å²) in [6.07, 6.45) is 0.204. The molecule has 0 saturated carbocycles. The molecule has 8 heavy (non-hydrogen) atoms. The van der Waals surface area contributed by atoms with E-state index >= 15 is 0 Å². The molecule has 3 heteroatoms. The minimum atomic E-state index is -0.627. The summed E-state index contributed by atoms with van der Waals surface area (Å²) in [5.74, 6) is 0. The molecule has 0 radical (unpaired) electrons. The van der Waals surface area contributed by atoms with Crippen LogP contribution in [-0.4, -0.2) is 31.2 Å². The second-order valence-electron chi connectivity index (χ2n) is 1.51. The van der Waals surface area contributed by atoms with Crippen LogP contribution in [0.5, 0.6) is 0 Å². The van der Waals surface area contributed by atoms with E-state index in [1.165, 1.54) is 7.11 Å². The lowest BCUT2D eigenvalue weighted by molar-refractivity contribution is -0.110. The molecule has 1 unspecified atom stereocenters. The van der Waals surface area contributed by atoms with Crippen molar-refractivity contribution in [2.75, 3.05) is 13.7 Å². The first kappa shape index (κ1) is 7.59. The Bertz CT molecular complexity index is 62.7. The number of ether oxygens (including phenoxy) is 1. The minimum Gasteiger partial charge on any atom is -0.390 e. The van der Waals surface area contributed by atoms with E-state index in [1.54, 1.807) is 0 Å². The predicted molar refractivity (Wildman–Crippen MR) is 28.6 cm³/mol. The molecule has 0 heterocycles. The summed E-state index contributed by atoms with van der Waals surface area (Å²) in [7, 11) is 1.48. The van der Waals surface area contributed by atoms with Gasteiger partial charge in [-0.05, 0) is 0 Å². The number of carbonyl (C=O) groups excluding carboxylic acids is 1. The zero-order valence-electron chi connectivity index (χ0n) is 4.83. The molecular formula is C5H10O3. The lowest BCUT2D eigenvalue weighted by Gasteiger charge is -2.02. The minimum absolute atomic E-state index is 0.161. The highest BCUT2D eigenvalue weighted by Crippen LogP contribution is 1.85. The van der Waals surface area contributed by atoms with Gasteiger partial charge in [-0.1, -0.05) is 0 Å². The molecule has 0 aromatic carbocycles. The number of hydrogen-bond acceptors (Lipinski definition) is 3. The summed E-state index contributed by atoms with van der Waals surface area (Å²) in [6, 6.07) is 0. The van der Waals surface area contributed by atoms with E-state index in [4.69, 9.17) is 5.11 Å². The SMILES string of the molecule is COCC(O)CC=O. The predicted octanol–water partition coefficient (Wildman–Crippen LogP) is -0.417. The van der Waals surface area contributed by atoms with Crippen LogP contribution in [0.25, 0.3) is 0 Å². The number of carbonyl (C=O) groups is 1. The molecule has 0 aromatic rings. The van der Waals surface area contributed by atoms with Gasteiger partial charge in [0, 0.05) is 13.5 Å². The second-order valence-corrected chi connectivity index (χ2v) is 1.51. The van der Waals surface area contributed by atoms with Gasteiger partial charge < -0.3 is 14.6 Å². The van der Waals surface area contributed by atoms with E-state index in [-0.39, 0.29) is 13.0 Å². The number of aldehydes is 1. The Morgan fingerprint density at radius 3 is 2.88 bits per heavy atom. The Kier molecular flexibility index (Phi) is 4.50. The third-order valence-corrected chi connectivity index (χ3v) is 0.727. The van der Waals surface area contributed by atoms with Crippen molar-refractivity contribution in [3.05, 3.63) is 0 Å². The van der Waals surface area contributed by atoms with Crippen LogP contribution in [0.4, 0.5) is 0 Å². The Hall–Kier alpha value is -0.410. The van der Waals surface area contributed by atoms with Gasteiger partial charge in [0.2, 0.25) is 0 Å². The van der Waals surface area contributed by atoms with E-state index in [0.717, 1.165) is 0 Å². The Morgan fingerprint density at radius 1 is 1.88 bits per heavy atom. The van der Waals surface area contributed by atoms with Crippen LogP contribution in [0.2, 0.25) is 0 Å². The highest BCUT2D eigenvalue weighted by Gasteiger charge is 1.99. The maximum atomic E-state index is 9.67. The molecule has 1 atom stereocenters. The molecule has 0 amide bonds. The highest BCUT2D eigenvalue weighted by atomic mass is 16.5. The van der Waals surface area contributed by atoms with Crippen LogP contribution in [0.15, 0.2) is 0 Å². The summed E-state index contributed by atoms with van der Waals surface area (Å²) in [6.45, 7) is 0.235. The smallest absolute Gasteiger partial charge is 0.122 e. The van der Waals surface area contributed by atoms with Gasteiger partial charge in [-0.15, -0.1) is 0 Å². The summed E-state index contributed by atoms with van der Waals surface area (Å²) >= 11 is 0. The molecule has 0 aliphatic carbocycles. The first-order chi connectivity index (χ1) is 3.81. The van der Waals surface area contributed by atoms with Gasteiger partial charge in [-0.2, -0.15) is 0 Å². The normalized spacial score (nSPS) is 13.2. The average Bonchev–Trinajstić information content (AvgIpc) is 1.68. The molecule has 0 aliphatic rings. The van der Waals surface area contributed by atoms with Crippen molar-refractivity contribution >= 4 is 6.29 Å². The molecular weight excluding hydrogens is 108 g/mol. The zero-order chi connectivity index (χ0) is 6.41. The van der Waals surface area contributed by atoms with Crippen LogP contribution in [0.3, 0.4) is 0 Å². The second kappa shape index (κ2) is 4.74. The van der Waals surface area contributed by atoms with Crippen molar-refractivity contribution in [3.63, 3.8) is 0 Å². The van der Waals surface area contributed by atoms with E-state index in [0.29, 0.717) is 6.29 Å². The van der Waals surface area contributed by atoms with Gasteiger partial charge >= 0.3 is 0 Å². The third-order valence-electron chi connectivity index (χ3n) is 0.727. The quantitative estimate of drug-likeness (QED) is 0.510. The van der Waals surface area contributed by atoms with Crippen molar-refractivity contribution in [3.8, 4) is 0 Å². The Labute approximate surface area is 48.3 Å². The highest BCUT2D eigenvalue weighted by molar-refractivity contribution is 5.49.